The van der Waals surface area contributed by atoms with Gasteiger partial charge in [-0.05, 0) is 25.4 Å². The Morgan fingerprint density at radius 3 is 2.67 bits per heavy atom. The maximum Gasteiger partial charge on any atom is 0.222 e. The number of nitrogens with zero attached hydrogens (tertiary/aromatic N) is 2. The standard InChI is InChI=1S/C9H16N2O/c1-10-6-8(5-9(10)12)7-11-3-2-4-11/h8H,2-7H2,1H3. The van der Waals surface area contributed by atoms with Crippen LogP contribution in [0.4, 0.5) is 0 Å². The van der Waals surface area contributed by atoms with Gasteiger partial charge in [-0.25, -0.2) is 0 Å². The lowest BCUT2D eigenvalue weighted by molar-refractivity contribution is -0.126. The summed E-state index contributed by atoms with van der Waals surface area (Å²) in [7, 11) is 1.90. The SMILES string of the molecule is CN1CC(CN2CCC2)CC1=O. The van der Waals surface area contributed by atoms with Gasteiger partial charge in [0.2, 0.25) is 5.91 Å². The maximum absolute atomic E-state index is 11.2. The van der Waals surface area contributed by atoms with E-state index in [9.17, 15) is 4.79 Å². The largest absolute Gasteiger partial charge is 0.345 e. The summed E-state index contributed by atoms with van der Waals surface area (Å²) in [4.78, 5) is 15.5. The molecule has 2 heterocycles. The maximum atomic E-state index is 11.2. The van der Waals surface area contributed by atoms with E-state index in [1.54, 1.807) is 0 Å². The monoisotopic (exact) mass is 168 g/mol. The molecule has 2 aliphatic heterocycles. The molecule has 2 fully saturated rings. The van der Waals surface area contributed by atoms with Crippen molar-refractivity contribution in [2.75, 3.05) is 33.2 Å². The van der Waals surface area contributed by atoms with Crippen LogP contribution >= 0.6 is 0 Å². The molecule has 68 valence electrons. The van der Waals surface area contributed by atoms with E-state index < -0.39 is 0 Å². The molecule has 0 aromatic carbocycles. The van der Waals surface area contributed by atoms with Gasteiger partial charge >= 0.3 is 0 Å². The third-order valence-corrected chi connectivity index (χ3v) is 2.89. The van der Waals surface area contributed by atoms with E-state index in [4.69, 9.17) is 0 Å². The van der Waals surface area contributed by atoms with Crippen LogP contribution in [0.3, 0.4) is 0 Å². The molecule has 0 N–H and O–H groups in total. The lowest BCUT2D eigenvalue weighted by Crippen LogP contribution is -2.40. The first-order valence-electron chi connectivity index (χ1n) is 4.72. The number of rotatable bonds is 2. The molecule has 3 heteroatoms. The summed E-state index contributed by atoms with van der Waals surface area (Å²) < 4.78 is 0. The second kappa shape index (κ2) is 3.05. The van der Waals surface area contributed by atoms with Crippen molar-refractivity contribution in [2.24, 2.45) is 5.92 Å². The fourth-order valence-electron chi connectivity index (χ4n) is 2.01. The van der Waals surface area contributed by atoms with Crippen LogP contribution in [0.15, 0.2) is 0 Å². The molecule has 1 unspecified atom stereocenters. The Balaban J connectivity index is 1.78. The molecule has 2 rings (SSSR count). The van der Waals surface area contributed by atoms with Gasteiger partial charge in [0.05, 0.1) is 0 Å². The lowest BCUT2D eigenvalue weighted by Gasteiger charge is -2.32. The van der Waals surface area contributed by atoms with Gasteiger partial charge < -0.3 is 9.80 Å². The summed E-state index contributed by atoms with van der Waals surface area (Å²) in [5, 5.41) is 0. The first-order chi connectivity index (χ1) is 5.75. The summed E-state index contributed by atoms with van der Waals surface area (Å²) in [6.07, 6.45) is 2.11. The first-order valence-corrected chi connectivity index (χ1v) is 4.72. The van der Waals surface area contributed by atoms with Gasteiger partial charge in [-0.15, -0.1) is 0 Å². The molecule has 12 heavy (non-hydrogen) atoms. The van der Waals surface area contributed by atoms with Gasteiger partial charge in [0.15, 0.2) is 0 Å². The van der Waals surface area contributed by atoms with E-state index in [1.807, 2.05) is 11.9 Å². The van der Waals surface area contributed by atoms with Crippen molar-refractivity contribution < 1.29 is 4.79 Å². The quantitative estimate of drug-likeness (QED) is 0.587. The average molecular weight is 168 g/mol. The highest BCUT2D eigenvalue weighted by Gasteiger charge is 2.29. The summed E-state index contributed by atoms with van der Waals surface area (Å²) in [6, 6.07) is 0. The van der Waals surface area contributed by atoms with Crippen LogP contribution in [0.5, 0.6) is 0 Å². The Morgan fingerprint density at radius 1 is 1.50 bits per heavy atom. The van der Waals surface area contributed by atoms with E-state index in [1.165, 1.54) is 19.5 Å². The molecule has 1 atom stereocenters. The van der Waals surface area contributed by atoms with Crippen molar-refractivity contribution in [3.05, 3.63) is 0 Å². The predicted octanol–water partition coefficient (Wildman–Crippen LogP) is 0.170. The molecular formula is C9H16N2O. The van der Waals surface area contributed by atoms with E-state index in [-0.39, 0.29) is 0 Å². The lowest BCUT2D eigenvalue weighted by atomic mass is 10.1. The normalized spacial score (nSPS) is 30.9. The van der Waals surface area contributed by atoms with Crippen molar-refractivity contribution in [2.45, 2.75) is 12.8 Å². The first kappa shape index (κ1) is 8.05. The molecule has 0 radical (unpaired) electrons. The fraction of sp³-hybridized carbons (Fsp3) is 0.889. The Kier molecular flexibility index (Phi) is 2.05. The summed E-state index contributed by atoms with van der Waals surface area (Å²) >= 11 is 0. The van der Waals surface area contributed by atoms with Gasteiger partial charge in [-0.3, -0.25) is 4.79 Å². The zero-order chi connectivity index (χ0) is 8.55. The van der Waals surface area contributed by atoms with Crippen LogP contribution in [0, 0.1) is 5.92 Å². The number of amides is 1. The second-order valence-corrected chi connectivity index (χ2v) is 4.00. The molecule has 0 aliphatic carbocycles. The van der Waals surface area contributed by atoms with Crippen molar-refractivity contribution >= 4 is 5.91 Å². The topological polar surface area (TPSA) is 23.6 Å². The van der Waals surface area contributed by atoms with Gasteiger partial charge in [0.1, 0.15) is 0 Å². The Bertz CT molecular complexity index is 189. The molecule has 2 saturated heterocycles. The number of hydrogen-bond donors (Lipinski definition) is 0. The number of carbonyl (C=O) groups excluding carboxylic acids is 1. The van der Waals surface area contributed by atoms with Crippen LogP contribution in [-0.2, 0) is 4.79 Å². The zero-order valence-corrected chi connectivity index (χ0v) is 7.62. The predicted molar refractivity (Wildman–Crippen MR) is 46.8 cm³/mol. The van der Waals surface area contributed by atoms with E-state index >= 15 is 0 Å². The molecule has 3 nitrogen and oxygen atoms in total. The highest BCUT2D eigenvalue weighted by molar-refractivity contribution is 5.78. The Hall–Kier alpha value is -0.570. The van der Waals surface area contributed by atoms with Gasteiger partial charge in [-0.2, -0.15) is 0 Å². The molecule has 0 spiro atoms. The van der Waals surface area contributed by atoms with Crippen molar-refractivity contribution in [3.8, 4) is 0 Å². The molecule has 0 aromatic rings. The van der Waals surface area contributed by atoms with Gasteiger partial charge in [0.25, 0.3) is 0 Å². The summed E-state index contributed by atoms with van der Waals surface area (Å²) in [5.74, 6) is 0.920. The highest BCUT2D eigenvalue weighted by Crippen LogP contribution is 2.19. The van der Waals surface area contributed by atoms with Crippen LogP contribution in [0.2, 0.25) is 0 Å². The van der Waals surface area contributed by atoms with Gasteiger partial charge in [0, 0.05) is 26.6 Å². The number of hydrogen-bond acceptors (Lipinski definition) is 2. The minimum atomic E-state index is 0.320. The van der Waals surface area contributed by atoms with E-state index in [0.717, 1.165) is 19.5 Å². The van der Waals surface area contributed by atoms with E-state index in [2.05, 4.69) is 4.90 Å². The van der Waals surface area contributed by atoms with E-state index in [0.29, 0.717) is 11.8 Å². The minimum absolute atomic E-state index is 0.320. The highest BCUT2D eigenvalue weighted by atomic mass is 16.2. The smallest absolute Gasteiger partial charge is 0.222 e. The molecule has 1 amide bonds. The molecule has 0 bridgehead atoms. The summed E-state index contributed by atoms with van der Waals surface area (Å²) in [6.45, 7) is 4.59. The molecular weight excluding hydrogens is 152 g/mol. The Labute approximate surface area is 73.3 Å². The summed E-state index contributed by atoms with van der Waals surface area (Å²) in [5.41, 5.74) is 0. The van der Waals surface area contributed by atoms with Crippen molar-refractivity contribution in [3.63, 3.8) is 0 Å². The van der Waals surface area contributed by atoms with Crippen molar-refractivity contribution in [1.82, 2.24) is 9.80 Å². The number of carbonyl (C=O) groups is 1. The molecule has 2 aliphatic rings. The van der Waals surface area contributed by atoms with Crippen molar-refractivity contribution in [1.29, 1.82) is 0 Å². The van der Waals surface area contributed by atoms with Crippen LogP contribution in [0.1, 0.15) is 12.8 Å². The van der Waals surface area contributed by atoms with Crippen LogP contribution in [-0.4, -0.2) is 48.9 Å². The fourth-order valence-corrected chi connectivity index (χ4v) is 2.01. The third kappa shape index (κ3) is 1.46. The van der Waals surface area contributed by atoms with Crippen LogP contribution in [0.25, 0.3) is 0 Å². The Morgan fingerprint density at radius 2 is 2.25 bits per heavy atom. The molecule has 0 saturated carbocycles. The second-order valence-electron chi connectivity index (χ2n) is 4.00. The van der Waals surface area contributed by atoms with Gasteiger partial charge in [-0.1, -0.05) is 0 Å². The molecule has 0 aromatic heterocycles. The number of likely N-dealkylation sites (tertiary alicyclic amines) is 2. The zero-order valence-electron chi connectivity index (χ0n) is 7.62. The average Bonchev–Trinajstić information content (AvgIpc) is 2.24. The third-order valence-electron chi connectivity index (χ3n) is 2.89. The van der Waals surface area contributed by atoms with Crippen LogP contribution < -0.4 is 0 Å². The minimum Gasteiger partial charge on any atom is -0.345 e.